The van der Waals surface area contributed by atoms with E-state index in [1.165, 1.54) is 0 Å². The first kappa shape index (κ1) is 17.1. The van der Waals surface area contributed by atoms with E-state index in [1.807, 2.05) is 32.0 Å². The number of aryl methyl sites for hydroxylation is 1. The lowest BCUT2D eigenvalue weighted by atomic mass is 10.1. The summed E-state index contributed by atoms with van der Waals surface area (Å²) in [5.74, 6) is -0.530. The monoisotopic (exact) mass is 337 g/mol. The molecule has 1 saturated carbocycles. The molecule has 0 aliphatic heterocycles. The molecule has 3 rings (SSSR count). The summed E-state index contributed by atoms with van der Waals surface area (Å²) in [5.41, 5.74) is 3.40. The van der Waals surface area contributed by atoms with Gasteiger partial charge in [-0.1, -0.05) is 31.0 Å². The van der Waals surface area contributed by atoms with E-state index in [2.05, 4.69) is 15.6 Å². The fourth-order valence-electron chi connectivity index (χ4n) is 3.09. The fraction of sp³-hybridized carbons (Fsp3) is 0.350. The number of carbonyl (C=O) groups excluding carboxylic acids is 2. The van der Waals surface area contributed by atoms with Crippen molar-refractivity contribution < 1.29 is 9.59 Å². The standard InChI is InChI=1S/C20H23N3O2/c1-13-7-5-10-16(14(13)2)23-20(25)18-12-6-11-17(22-18)19(24)21-15-8-3-4-9-15/h5-7,10-12,15H,3-4,8-9H2,1-2H3,(H,21,24)(H,23,25). The zero-order valence-corrected chi connectivity index (χ0v) is 14.6. The molecule has 0 unspecified atom stereocenters. The van der Waals surface area contributed by atoms with Crippen LogP contribution in [0.5, 0.6) is 0 Å². The zero-order chi connectivity index (χ0) is 17.8. The maximum Gasteiger partial charge on any atom is 0.274 e. The van der Waals surface area contributed by atoms with Crippen LogP contribution >= 0.6 is 0 Å². The quantitative estimate of drug-likeness (QED) is 0.895. The Balaban J connectivity index is 1.72. The van der Waals surface area contributed by atoms with Crippen LogP contribution in [-0.4, -0.2) is 22.8 Å². The molecular formula is C20H23N3O2. The first-order chi connectivity index (χ1) is 12.0. The van der Waals surface area contributed by atoms with Crippen LogP contribution in [0.2, 0.25) is 0 Å². The molecular weight excluding hydrogens is 314 g/mol. The third-order valence-corrected chi connectivity index (χ3v) is 4.76. The predicted octanol–water partition coefficient (Wildman–Crippen LogP) is 3.62. The summed E-state index contributed by atoms with van der Waals surface area (Å²) in [6.45, 7) is 3.96. The van der Waals surface area contributed by atoms with Crippen LogP contribution in [0.3, 0.4) is 0 Å². The minimum absolute atomic E-state index is 0.215. The molecule has 1 aromatic carbocycles. The van der Waals surface area contributed by atoms with Gasteiger partial charge in [0.15, 0.2) is 0 Å². The lowest BCUT2D eigenvalue weighted by Crippen LogP contribution is -2.33. The average Bonchev–Trinajstić information content (AvgIpc) is 3.12. The predicted molar refractivity (Wildman–Crippen MR) is 97.8 cm³/mol. The van der Waals surface area contributed by atoms with Crippen LogP contribution in [0.4, 0.5) is 5.69 Å². The second kappa shape index (κ2) is 7.47. The van der Waals surface area contributed by atoms with Gasteiger partial charge >= 0.3 is 0 Å². The van der Waals surface area contributed by atoms with Crippen LogP contribution in [0.25, 0.3) is 0 Å². The number of nitrogens with zero attached hydrogens (tertiary/aromatic N) is 1. The molecule has 25 heavy (non-hydrogen) atoms. The van der Waals surface area contributed by atoms with Crippen LogP contribution in [0.1, 0.15) is 57.8 Å². The molecule has 130 valence electrons. The number of pyridine rings is 1. The minimum Gasteiger partial charge on any atom is -0.348 e. The van der Waals surface area contributed by atoms with E-state index in [0.717, 1.165) is 42.5 Å². The highest BCUT2D eigenvalue weighted by Crippen LogP contribution is 2.19. The molecule has 0 saturated heterocycles. The van der Waals surface area contributed by atoms with Crippen molar-refractivity contribution in [3.05, 3.63) is 58.9 Å². The third-order valence-electron chi connectivity index (χ3n) is 4.76. The van der Waals surface area contributed by atoms with Crippen molar-refractivity contribution in [1.82, 2.24) is 10.3 Å². The van der Waals surface area contributed by atoms with Gasteiger partial charge in [0.25, 0.3) is 11.8 Å². The van der Waals surface area contributed by atoms with Crippen molar-refractivity contribution in [3.8, 4) is 0 Å². The molecule has 2 N–H and O–H groups in total. The number of carbonyl (C=O) groups is 2. The van der Waals surface area contributed by atoms with E-state index in [1.54, 1.807) is 18.2 Å². The second-order valence-electron chi connectivity index (χ2n) is 6.56. The number of aromatic nitrogens is 1. The first-order valence-electron chi connectivity index (χ1n) is 8.70. The average molecular weight is 337 g/mol. The summed E-state index contributed by atoms with van der Waals surface area (Å²) in [4.78, 5) is 29.1. The number of amides is 2. The Morgan fingerprint density at radius 1 is 0.960 bits per heavy atom. The molecule has 0 radical (unpaired) electrons. The van der Waals surface area contributed by atoms with E-state index in [-0.39, 0.29) is 29.2 Å². The highest BCUT2D eigenvalue weighted by atomic mass is 16.2. The molecule has 0 atom stereocenters. The van der Waals surface area contributed by atoms with Gasteiger partial charge in [-0.05, 0) is 56.0 Å². The Hall–Kier alpha value is -2.69. The topological polar surface area (TPSA) is 71.1 Å². The maximum absolute atomic E-state index is 12.5. The first-order valence-corrected chi connectivity index (χ1v) is 8.70. The summed E-state index contributed by atoms with van der Waals surface area (Å²) < 4.78 is 0. The number of rotatable bonds is 4. The summed E-state index contributed by atoms with van der Waals surface area (Å²) >= 11 is 0. The van der Waals surface area contributed by atoms with Crippen LogP contribution in [-0.2, 0) is 0 Å². The van der Waals surface area contributed by atoms with Crippen molar-refractivity contribution in [2.75, 3.05) is 5.32 Å². The van der Waals surface area contributed by atoms with E-state index < -0.39 is 0 Å². The van der Waals surface area contributed by atoms with E-state index >= 15 is 0 Å². The molecule has 1 aliphatic rings. The van der Waals surface area contributed by atoms with Gasteiger partial charge in [0.05, 0.1) is 0 Å². The van der Waals surface area contributed by atoms with Crippen LogP contribution < -0.4 is 10.6 Å². The van der Waals surface area contributed by atoms with Gasteiger partial charge in [-0.25, -0.2) is 4.98 Å². The van der Waals surface area contributed by atoms with Gasteiger partial charge in [0, 0.05) is 11.7 Å². The van der Waals surface area contributed by atoms with E-state index in [9.17, 15) is 9.59 Å². The van der Waals surface area contributed by atoms with Crippen molar-refractivity contribution >= 4 is 17.5 Å². The number of hydrogen-bond acceptors (Lipinski definition) is 3. The van der Waals surface area contributed by atoms with Gasteiger partial charge in [-0.2, -0.15) is 0 Å². The van der Waals surface area contributed by atoms with Crippen molar-refractivity contribution in [2.24, 2.45) is 0 Å². The van der Waals surface area contributed by atoms with Crippen molar-refractivity contribution in [2.45, 2.75) is 45.6 Å². The number of hydrogen-bond donors (Lipinski definition) is 2. The molecule has 1 aromatic heterocycles. The summed E-state index contributed by atoms with van der Waals surface area (Å²) in [6, 6.07) is 10.9. The molecule has 1 fully saturated rings. The fourth-order valence-corrected chi connectivity index (χ4v) is 3.09. The molecule has 5 nitrogen and oxygen atoms in total. The summed E-state index contributed by atoms with van der Waals surface area (Å²) in [6.07, 6.45) is 4.32. The summed E-state index contributed by atoms with van der Waals surface area (Å²) in [7, 11) is 0. The Kier molecular flexibility index (Phi) is 5.12. The number of benzene rings is 1. The molecule has 0 spiro atoms. The number of anilines is 1. The molecule has 2 aromatic rings. The Morgan fingerprint density at radius 3 is 2.32 bits per heavy atom. The van der Waals surface area contributed by atoms with Gasteiger partial charge < -0.3 is 10.6 Å². The zero-order valence-electron chi connectivity index (χ0n) is 14.6. The minimum atomic E-state index is -0.316. The van der Waals surface area contributed by atoms with E-state index in [4.69, 9.17) is 0 Å². The normalized spacial score (nSPS) is 14.3. The lowest BCUT2D eigenvalue weighted by molar-refractivity contribution is 0.0932. The number of nitrogens with one attached hydrogen (secondary N) is 2. The SMILES string of the molecule is Cc1cccc(NC(=O)c2cccc(C(=O)NC3CCCC3)n2)c1C. The van der Waals surface area contributed by atoms with Gasteiger partial charge in [-0.15, -0.1) is 0 Å². The molecule has 1 aliphatic carbocycles. The second-order valence-corrected chi connectivity index (χ2v) is 6.56. The highest BCUT2D eigenvalue weighted by molar-refractivity contribution is 6.04. The molecule has 2 amide bonds. The summed E-state index contributed by atoms with van der Waals surface area (Å²) in [5, 5.41) is 5.87. The van der Waals surface area contributed by atoms with E-state index in [0.29, 0.717) is 0 Å². The van der Waals surface area contributed by atoms with Gasteiger partial charge in [0.1, 0.15) is 11.4 Å². The third kappa shape index (κ3) is 4.05. The smallest absolute Gasteiger partial charge is 0.274 e. The Morgan fingerprint density at radius 2 is 1.60 bits per heavy atom. The van der Waals surface area contributed by atoms with Crippen molar-refractivity contribution in [3.63, 3.8) is 0 Å². The molecule has 0 bridgehead atoms. The molecule has 1 heterocycles. The van der Waals surface area contributed by atoms with Crippen LogP contribution in [0.15, 0.2) is 36.4 Å². The highest BCUT2D eigenvalue weighted by Gasteiger charge is 2.19. The molecule has 5 heteroatoms. The van der Waals surface area contributed by atoms with Crippen molar-refractivity contribution in [1.29, 1.82) is 0 Å². The maximum atomic E-state index is 12.5. The van der Waals surface area contributed by atoms with Gasteiger partial charge in [-0.3, -0.25) is 9.59 Å². The lowest BCUT2D eigenvalue weighted by Gasteiger charge is -2.12. The van der Waals surface area contributed by atoms with Crippen LogP contribution in [0, 0.1) is 13.8 Å². The Labute approximate surface area is 147 Å². The Bertz CT molecular complexity index is 795. The largest absolute Gasteiger partial charge is 0.348 e. The van der Waals surface area contributed by atoms with Gasteiger partial charge in [0.2, 0.25) is 0 Å².